The van der Waals surface area contributed by atoms with Gasteiger partial charge in [-0.3, -0.25) is 14.4 Å². The highest BCUT2D eigenvalue weighted by molar-refractivity contribution is 5.71. The predicted octanol–water partition coefficient (Wildman–Crippen LogP) is 23.5. The Morgan fingerprint density at radius 3 is 0.731 bits per heavy atom. The molecule has 0 saturated carbocycles. The molecule has 0 aromatic heterocycles. The van der Waals surface area contributed by atoms with Crippen LogP contribution in [0.4, 0.5) is 0 Å². The molecule has 0 bridgehead atoms. The van der Waals surface area contributed by atoms with Crippen LogP contribution in [0.2, 0.25) is 0 Å². The van der Waals surface area contributed by atoms with Gasteiger partial charge in [-0.2, -0.15) is 0 Å². The van der Waals surface area contributed by atoms with Gasteiger partial charge in [-0.05, 0) is 89.9 Å². The molecule has 1 atom stereocenters. The van der Waals surface area contributed by atoms with Gasteiger partial charge in [0, 0.05) is 19.3 Å². The molecule has 78 heavy (non-hydrogen) atoms. The molecular formula is C72H130O6. The van der Waals surface area contributed by atoms with Crippen molar-refractivity contribution in [3.63, 3.8) is 0 Å². The van der Waals surface area contributed by atoms with E-state index < -0.39 is 6.10 Å². The molecule has 1 unspecified atom stereocenters. The number of hydrogen-bond acceptors (Lipinski definition) is 6. The lowest BCUT2D eigenvalue weighted by Crippen LogP contribution is -2.30. The van der Waals surface area contributed by atoms with Crippen molar-refractivity contribution in [2.75, 3.05) is 13.2 Å². The quantitative estimate of drug-likeness (QED) is 0.0261. The summed E-state index contributed by atoms with van der Waals surface area (Å²) in [7, 11) is 0. The Hall–Kier alpha value is -2.89. The Morgan fingerprint density at radius 2 is 0.462 bits per heavy atom. The van der Waals surface area contributed by atoms with Crippen LogP contribution in [0.1, 0.15) is 361 Å². The number of esters is 3. The van der Waals surface area contributed by atoms with Crippen molar-refractivity contribution >= 4 is 17.9 Å². The summed E-state index contributed by atoms with van der Waals surface area (Å²) in [6.45, 7) is 6.65. The van der Waals surface area contributed by atoms with Crippen LogP contribution in [0.5, 0.6) is 0 Å². The molecule has 454 valence electrons. The molecule has 0 heterocycles. The van der Waals surface area contributed by atoms with Gasteiger partial charge >= 0.3 is 17.9 Å². The molecule has 0 aliphatic rings. The van der Waals surface area contributed by atoms with E-state index in [2.05, 4.69) is 81.5 Å². The molecule has 6 heteroatoms. The molecule has 0 amide bonds. The average Bonchev–Trinajstić information content (AvgIpc) is 3.44. The second-order valence-corrected chi connectivity index (χ2v) is 23.1. The number of unbranched alkanes of at least 4 members (excludes halogenated alkanes) is 42. The summed E-state index contributed by atoms with van der Waals surface area (Å²) >= 11 is 0. The van der Waals surface area contributed by atoms with E-state index in [1.54, 1.807) is 0 Å². The molecule has 0 radical (unpaired) electrons. The summed E-state index contributed by atoms with van der Waals surface area (Å²) in [6, 6.07) is 0. The normalized spacial score (nSPS) is 12.4. The van der Waals surface area contributed by atoms with Crippen molar-refractivity contribution in [3.05, 3.63) is 60.8 Å². The molecule has 0 fully saturated rings. The molecule has 0 aliphatic carbocycles. The van der Waals surface area contributed by atoms with E-state index in [4.69, 9.17) is 14.2 Å². The number of allylic oxidation sites excluding steroid dienone is 10. The Kier molecular flexibility index (Phi) is 64.2. The monoisotopic (exact) mass is 1090 g/mol. The highest BCUT2D eigenvalue weighted by Crippen LogP contribution is 2.17. The minimum atomic E-state index is -0.776. The van der Waals surface area contributed by atoms with Gasteiger partial charge in [-0.15, -0.1) is 0 Å². The molecule has 0 saturated heterocycles. The summed E-state index contributed by atoms with van der Waals surface area (Å²) < 4.78 is 16.9. The van der Waals surface area contributed by atoms with Crippen molar-refractivity contribution in [2.45, 2.75) is 367 Å². The van der Waals surface area contributed by atoms with Crippen LogP contribution >= 0.6 is 0 Å². The third-order valence-corrected chi connectivity index (χ3v) is 15.2. The number of rotatable bonds is 63. The topological polar surface area (TPSA) is 78.9 Å². The first-order valence-electron chi connectivity index (χ1n) is 34.3. The fourth-order valence-electron chi connectivity index (χ4n) is 10.1. The molecule has 0 aromatic rings. The smallest absolute Gasteiger partial charge is 0.306 e. The van der Waals surface area contributed by atoms with Gasteiger partial charge in [0.15, 0.2) is 6.10 Å². The third-order valence-electron chi connectivity index (χ3n) is 15.2. The molecule has 0 N–H and O–H groups in total. The highest BCUT2D eigenvalue weighted by Gasteiger charge is 2.19. The maximum absolute atomic E-state index is 12.9. The zero-order valence-corrected chi connectivity index (χ0v) is 52.2. The predicted molar refractivity (Wildman–Crippen MR) is 339 cm³/mol. The number of carbonyl (C=O) groups excluding carboxylic acids is 3. The van der Waals surface area contributed by atoms with Crippen LogP contribution < -0.4 is 0 Å². The van der Waals surface area contributed by atoms with Crippen molar-refractivity contribution < 1.29 is 28.6 Å². The van der Waals surface area contributed by atoms with Gasteiger partial charge in [-0.1, -0.05) is 313 Å². The molecule has 0 spiro atoms. The summed E-state index contributed by atoms with van der Waals surface area (Å²) in [5, 5.41) is 0. The van der Waals surface area contributed by atoms with E-state index in [9.17, 15) is 14.4 Å². The maximum atomic E-state index is 12.9. The average molecular weight is 1090 g/mol. The van der Waals surface area contributed by atoms with Gasteiger partial charge in [0.1, 0.15) is 13.2 Å². The third kappa shape index (κ3) is 63.9. The molecule has 6 nitrogen and oxygen atoms in total. The van der Waals surface area contributed by atoms with Crippen LogP contribution in [0.15, 0.2) is 60.8 Å². The van der Waals surface area contributed by atoms with Crippen molar-refractivity contribution in [2.24, 2.45) is 0 Å². The van der Waals surface area contributed by atoms with Crippen LogP contribution in [0, 0.1) is 0 Å². The molecule has 0 rings (SSSR count). The van der Waals surface area contributed by atoms with E-state index in [0.29, 0.717) is 19.3 Å². The first-order chi connectivity index (χ1) is 38.5. The van der Waals surface area contributed by atoms with Gasteiger partial charge < -0.3 is 14.2 Å². The zero-order chi connectivity index (χ0) is 56.4. The lowest BCUT2D eigenvalue weighted by molar-refractivity contribution is -0.167. The lowest BCUT2D eigenvalue weighted by atomic mass is 10.0. The van der Waals surface area contributed by atoms with Crippen LogP contribution in [0.3, 0.4) is 0 Å². The van der Waals surface area contributed by atoms with E-state index in [0.717, 1.165) is 83.5 Å². The van der Waals surface area contributed by atoms with Crippen LogP contribution in [-0.2, 0) is 28.6 Å². The maximum Gasteiger partial charge on any atom is 0.306 e. The van der Waals surface area contributed by atoms with E-state index in [1.807, 2.05) is 0 Å². The van der Waals surface area contributed by atoms with E-state index >= 15 is 0 Å². The highest BCUT2D eigenvalue weighted by atomic mass is 16.6. The summed E-state index contributed by atoms with van der Waals surface area (Å²) in [5.74, 6) is -0.862. The first kappa shape index (κ1) is 75.1. The van der Waals surface area contributed by atoms with E-state index in [1.165, 1.54) is 238 Å². The molecular weight excluding hydrogens is 961 g/mol. The van der Waals surface area contributed by atoms with Gasteiger partial charge in [0.05, 0.1) is 0 Å². The Labute approximate surface area is 485 Å². The van der Waals surface area contributed by atoms with Crippen molar-refractivity contribution in [1.82, 2.24) is 0 Å². The van der Waals surface area contributed by atoms with Gasteiger partial charge in [0.25, 0.3) is 0 Å². The van der Waals surface area contributed by atoms with E-state index in [-0.39, 0.29) is 31.1 Å². The van der Waals surface area contributed by atoms with Crippen LogP contribution in [-0.4, -0.2) is 37.2 Å². The largest absolute Gasteiger partial charge is 0.462 e. The fourth-order valence-corrected chi connectivity index (χ4v) is 10.1. The Balaban J connectivity index is 4.15. The van der Waals surface area contributed by atoms with Crippen molar-refractivity contribution in [1.29, 1.82) is 0 Å². The lowest BCUT2D eigenvalue weighted by Gasteiger charge is -2.18. The minimum absolute atomic E-state index is 0.0730. The minimum Gasteiger partial charge on any atom is -0.462 e. The number of carbonyl (C=O) groups is 3. The zero-order valence-electron chi connectivity index (χ0n) is 52.2. The number of hydrogen-bond donors (Lipinski definition) is 0. The van der Waals surface area contributed by atoms with Gasteiger partial charge in [-0.25, -0.2) is 0 Å². The SMILES string of the molecule is CCCCCC/C=C\C/C=C\CCCCCCCCCC(=O)OC(COC(=O)CCCCCCCCCCCCC)COC(=O)CCCCCCCCCCCCCCCCCC/C=C\C/C=C\C/C=C\CCCCCCC. The molecule has 0 aliphatic heterocycles. The second kappa shape index (κ2) is 66.6. The fraction of sp³-hybridized carbons (Fsp3) is 0.819. The summed E-state index contributed by atoms with van der Waals surface area (Å²) in [6.07, 6.45) is 85.3. The van der Waals surface area contributed by atoms with Crippen LogP contribution in [0.25, 0.3) is 0 Å². The van der Waals surface area contributed by atoms with Crippen molar-refractivity contribution in [3.8, 4) is 0 Å². The number of ether oxygens (including phenoxy) is 3. The Morgan fingerprint density at radius 1 is 0.256 bits per heavy atom. The summed E-state index contributed by atoms with van der Waals surface area (Å²) in [5.41, 5.74) is 0. The second-order valence-electron chi connectivity index (χ2n) is 23.1. The summed E-state index contributed by atoms with van der Waals surface area (Å²) in [4.78, 5) is 38.3. The first-order valence-corrected chi connectivity index (χ1v) is 34.3. The van der Waals surface area contributed by atoms with Gasteiger partial charge in [0.2, 0.25) is 0 Å². The Bertz CT molecular complexity index is 1390. The molecule has 0 aromatic carbocycles. The standard InChI is InChI=1S/C72H130O6/c1-4-7-10-13-16-19-22-24-26-28-30-31-32-33-34-35-36-37-38-39-40-41-42-44-45-47-50-53-56-59-62-65-71(74)77-68-69(67-76-70(73)64-61-58-55-52-49-21-18-15-12-9-6-3)78-72(75)66-63-60-57-54-51-48-46-43-29-27-25-23-20-17-14-11-8-5-2/h20,22-24,27-30,32-33,69H,4-19,21,25-26,31,34-68H2,1-3H3/b23-20-,24-22-,29-27-,30-28-,33-32-.